The van der Waals surface area contributed by atoms with Crippen LogP contribution in [0.3, 0.4) is 0 Å². The second-order valence-corrected chi connectivity index (χ2v) is 3.01. The van der Waals surface area contributed by atoms with Crippen molar-refractivity contribution in [1.82, 2.24) is 5.09 Å². The van der Waals surface area contributed by atoms with Crippen molar-refractivity contribution >= 4 is 14.1 Å². The lowest BCUT2D eigenvalue weighted by Gasteiger charge is -2.05. The Kier molecular flexibility index (Phi) is 3.41. The van der Waals surface area contributed by atoms with Crippen LogP contribution in [0.15, 0.2) is 0 Å². The van der Waals surface area contributed by atoms with Gasteiger partial charge < -0.3 is 4.74 Å². The second-order valence-electron chi connectivity index (χ2n) is 1.27. The number of rotatable bonds is 4. The Hall–Kier alpha value is -0.420. The summed E-state index contributed by atoms with van der Waals surface area (Å²) in [5.74, 6) is 0. The van der Waals surface area contributed by atoms with Gasteiger partial charge in [0.1, 0.15) is 6.73 Å². The highest BCUT2D eigenvalue weighted by molar-refractivity contribution is 7.56. The molecule has 6 nitrogen and oxygen atoms in total. The van der Waals surface area contributed by atoms with Crippen LogP contribution in [-0.4, -0.2) is 13.2 Å². The zero-order valence-corrected chi connectivity index (χ0v) is 5.51. The van der Waals surface area contributed by atoms with Gasteiger partial charge in [-0.15, -0.1) is 0 Å². The standard InChI is InChI=1S/C2H8N3O3P/c3-9(4,7)5-1-8-2-6/h2H,1H2,(H5,3,4,5,7). The maximum atomic E-state index is 10.3. The first-order valence-electron chi connectivity index (χ1n) is 2.04. The van der Waals surface area contributed by atoms with E-state index >= 15 is 0 Å². The topological polar surface area (TPSA) is 107 Å². The van der Waals surface area contributed by atoms with E-state index in [2.05, 4.69) is 9.82 Å². The first-order chi connectivity index (χ1) is 4.06. The molecular formula is C2H8N3O3P. The lowest BCUT2D eigenvalue weighted by Crippen LogP contribution is -2.24. The third kappa shape index (κ3) is 7.58. The zero-order chi connectivity index (χ0) is 7.33. The van der Waals surface area contributed by atoms with Gasteiger partial charge >= 0.3 is 0 Å². The van der Waals surface area contributed by atoms with Crippen molar-refractivity contribution in [1.29, 1.82) is 0 Å². The van der Waals surface area contributed by atoms with Gasteiger partial charge in [0.05, 0.1) is 0 Å². The molecule has 0 unspecified atom stereocenters. The van der Waals surface area contributed by atoms with E-state index in [0.717, 1.165) is 0 Å². The normalized spacial score (nSPS) is 10.9. The third-order valence-electron chi connectivity index (χ3n) is 0.463. The molecule has 0 aliphatic rings. The Morgan fingerprint density at radius 2 is 2.22 bits per heavy atom. The van der Waals surface area contributed by atoms with Gasteiger partial charge in [-0.3, -0.25) is 20.4 Å². The summed E-state index contributed by atoms with van der Waals surface area (Å²) >= 11 is 0. The molecular weight excluding hydrogens is 145 g/mol. The van der Waals surface area contributed by atoms with Gasteiger partial charge in [-0.1, -0.05) is 0 Å². The third-order valence-corrected chi connectivity index (χ3v) is 1.09. The van der Waals surface area contributed by atoms with Gasteiger partial charge in [0.15, 0.2) is 0 Å². The Morgan fingerprint density at radius 3 is 2.56 bits per heavy atom. The molecule has 0 amide bonds. The highest BCUT2D eigenvalue weighted by atomic mass is 31.2. The molecule has 0 bridgehead atoms. The van der Waals surface area contributed by atoms with Crippen molar-refractivity contribution < 1.29 is 14.1 Å². The fourth-order valence-electron chi connectivity index (χ4n) is 0.172. The largest absolute Gasteiger partial charge is 0.451 e. The van der Waals surface area contributed by atoms with Gasteiger partial charge in [0.2, 0.25) is 0 Å². The predicted octanol–water partition coefficient (Wildman–Crippen LogP) is -1.27. The molecule has 0 saturated heterocycles. The fraction of sp³-hybridized carbons (Fsp3) is 0.500. The van der Waals surface area contributed by atoms with Crippen LogP contribution in [0.25, 0.3) is 0 Å². The van der Waals surface area contributed by atoms with E-state index in [-0.39, 0.29) is 13.2 Å². The summed E-state index contributed by atoms with van der Waals surface area (Å²) in [6.07, 6.45) is 0. The maximum absolute atomic E-state index is 10.3. The molecule has 5 N–H and O–H groups in total. The highest BCUT2D eigenvalue weighted by Crippen LogP contribution is 2.15. The molecule has 9 heavy (non-hydrogen) atoms. The summed E-state index contributed by atoms with van der Waals surface area (Å²) in [4.78, 5) is 9.46. The molecule has 0 heterocycles. The summed E-state index contributed by atoms with van der Waals surface area (Å²) in [5, 5.41) is 2.08. The SMILES string of the molecule is NP(N)(=O)NCOC=O. The molecule has 0 spiro atoms. The van der Waals surface area contributed by atoms with Crippen LogP contribution in [0.4, 0.5) is 0 Å². The van der Waals surface area contributed by atoms with E-state index in [0.29, 0.717) is 0 Å². The summed E-state index contributed by atoms with van der Waals surface area (Å²) in [7, 11) is -3.23. The minimum Gasteiger partial charge on any atom is -0.451 e. The van der Waals surface area contributed by atoms with Crippen molar-refractivity contribution in [2.24, 2.45) is 11.0 Å². The molecule has 7 heteroatoms. The van der Waals surface area contributed by atoms with Crippen molar-refractivity contribution in [2.45, 2.75) is 0 Å². The average molecular weight is 153 g/mol. The van der Waals surface area contributed by atoms with Gasteiger partial charge in [0, 0.05) is 0 Å². The molecule has 0 fully saturated rings. The van der Waals surface area contributed by atoms with E-state index < -0.39 is 7.59 Å². The van der Waals surface area contributed by atoms with Gasteiger partial charge in [-0.05, 0) is 0 Å². The number of nitrogens with two attached hydrogens (primary N) is 2. The Morgan fingerprint density at radius 1 is 1.67 bits per heavy atom. The highest BCUT2D eigenvalue weighted by Gasteiger charge is 2.04. The van der Waals surface area contributed by atoms with E-state index in [9.17, 15) is 9.36 Å². The van der Waals surface area contributed by atoms with Crippen molar-refractivity contribution in [3.05, 3.63) is 0 Å². The molecule has 0 aromatic heterocycles. The van der Waals surface area contributed by atoms with Crippen LogP contribution in [0.5, 0.6) is 0 Å². The number of carbonyl (C=O) groups is 1. The lowest BCUT2D eigenvalue weighted by atomic mass is 11.3. The van der Waals surface area contributed by atoms with Gasteiger partial charge in [-0.25, -0.2) is 5.09 Å². The monoisotopic (exact) mass is 153 g/mol. The Bertz CT molecular complexity index is 131. The fourth-order valence-corrected chi connectivity index (χ4v) is 0.448. The summed E-state index contributed by atoms with van der Waals surface area (Å²) in [5.41, 5.74) is 9.61. The lowest BCUT2D eigenvalue weighted by molar-refractivity contribution is -0.128. The van der Waals surface area contributed by atoms with E-state index in [1.54, 1.807) is 0 Å². The quantitative estimate of drug-likeness (QED) is 0.201. The predicted molar refractivity (Wildman–Crippen MR) is 31.1 cm³/mol. The van der Waals surface area contributed by atoms with Crippen LogP contribution in [0.1, 0.15) is 0 Å². The van der Waals surface area contributed by atoms with Crippen molar-refractivity contribution in [3.8, 4) is 0 Å². The molecule has 0 aromatic carbocycles. The van der Waals surface area contributed by atoms with Crippen molar-refractivity contribution in [3.63, 3.8) is 0 Å². The summed E-state index contributed by atoms with van der Waals surface area (Å²) in [6, 6.07) is 0. The Labute approximate surface area is 52.1 Å². The number of nitrogens with one attached hydrogen (secondary N) is 1. The van der Waals surface area contributed by atoms with E-state index in [1.807, 2.05) is 0 Å². The van der Waals surface area contributed by atoms with E-state index in [1.165, 1.54) is 0 Å². The Balaban J connectivity index is 3.28. The maximum Gasteiger partial charge on any atom is 0.294 e. The number of hydrogen-bond donors (Lipinski definition) is 3. The van der Waals surface area contributed by atoms with Crippen LogP contribution in [0.2, 0.25) is 0 Å². The molecule has 0 atom stereocenters. The number of carbonyl (C=O) groups excluding carboxylic acids is 1. The van der Waals surface area contributed by atoms with Crippen LogP contribution >= 0.6 is 7.59 Å². The van der Waals surface area contributed by atoms with E-state index in [4.69, 9.17) is 11.0 Å². The molecule has 0 radical (unpaired) electrons. The zero-order valence-electron chi connectivity index (χ0n) is 4.61. The molecule has 0 aliphatic carbocycles. The molecule has 0 saturated carbocycles. The van der Waals surface area contributed by atoms with Crippen molar-refractivity contribution in [2.75, 3.05) is 6.73 Å². The molecule has 0 aromatic rings. The molecule has 54 valence electrons. The first kappa shape index (κ1) is 8.58. The van der Waals surface area contributed by atoms with Crippen LogP contribution in [-0.2, 0) is 14.1 Å². The second kappa shape index (κ2) is 3.58. The summed E-state index contributed by atoms with van der Waals surface area (Å²) in [6.45, 7) is -0.0313. The van der Waals surface area contributed by atoms with Crippen LogP contribution < -0.4 is 16.1 Å². The number of hydrogen-bond acceptors (Lipinski definition) is 3. The number of ether oxygens (including phenoxy) is 1. The molecule has 0 rings (SSSR count). The van der Waals surface area contributed by atoms with Gasteiger partial charge in [0.25, 0.3) is 14.1 Å². The van der Waals surface area contributed by atoms with Gasteiger partial charge in [-0.2, -0.15) is 0 Å². The first-order valence-corrected chi connectivity index (χ1v) is 3.88. The average Bonchev–Trinajstić information content (AvgIpc) is 1.63. The minimum atomic E-state index is -3.23. The van der Waals surface area contributed by atoms with Crippen LogP contribution in [0, 0.1) is 0 Å². The summed E-state index contributed by atoms with van der Waals surface area (Å²) < 4.78 is 14.4. The molecule has 0 aliphatic heterocycles. The minimum absolute atomic E-state index is 0.197. The smallest absolute Gasteiger partial charge is 0.294 e.